The van der Waals surface area contributed by atoms with Crippen LogP contribution in [0.25, 0.3) is 0 Å². The van der Waals surface area contributed by atoms with Gasteiger partial charge in [-0.1, -0.05) is 35.3 Å². The van der Waals surface area contributed by atoms with E-state index in [-0.39, 0.29) is 11.9 Å². The minimum Gasteiger partial charge on any atom is -0.497 e. The largest absolute Gasteiger partial charge is 0.497 e. The number of amides is 1. The van der Waals surface area contributed by atoms with Crippen LogP contribution < -0.4 is 10.1 Å². The Balaban J connectivity index is 1.73. The lowest BCUT2D eigenvalue weighted by Crippen LogP contribution is -2.36. The zero-order valence-corrected chi connectivity index (χ0v) is 16.3. The third-order valence-corrected chi connectivity index (χ3v) is 5.93. The summed E-state index contributed by atoms with van der Waals surface area (Å²) < 4.78 is 6.17. The number of ether oxygens (including phenoxy) is 1. The van der Waals surface area contributed by atoms with Crippen LogP contribution in [0.1, 0.15) is 34.8 Å². The van der Waals surface area contributed by atoms with E-state index in [9.17, 15) is 4.79 Å². The minimum atomic E-state index is -0.189. The Morgan fingerprint density at radius 2 is 1.96 bits per heavy atom. The quantitative estimate of drug-likeness (QED) is 0.770. The van der Waals surface area contributed by atoms with Crippen molar-refractivity contribution in [1.29, 1.82) is 0 Å². The smallest absolute Gasteiger partial charge is 0.253 e. The molecule has 1 aromatic carbocycles. The van der Waals surface area contributed by atoms with Crippen molar-refractivity contribution in [1.82, 2.24) is 10.2 Å². The summed E-state index contributed by atoms with van der Waals surface area (Å²) in [6, 6.07) is 9.77. The van der Waals surface area contributed by atoms with E-state index in [0.717, 1.165) is 24.4 Å². The number of methoxy groups -OCH3 is 1. The van der Waals surface area contributed by atoms with Crippen LogP contribution in [0.15, 0.2) is 30.3 Å². The molecule has 1 amide bonds. The van der Waals surface area contributed by atoms with Gasteiger partial charge in [0.1, 0.15) is 10.1 Å². The summed E-state index contributed by atoms with van der Waals surface area (Å²) in [6.07, 6.45) is 2.37. The fraction of sp³-hybridized carbons (Fsp3) is 0.389. The lowest BCUT2D eigenvalue weighted by atomic mass is 10.0. The third kappa shape index (κ3) is 4.47. The van der Waals surface area contributed by atoms with Gasteiger partial charge in [0.25, 0.3) is 5.91 Å². The zero-order valence-electron chi connectivity index (χ0n) is 13.9. The number of hydrogen-bond acceptors (Lipinski definition) is 4. The summed E-state index contributed by atoms with van der Waals surface area (Å²) in [7, 11) is 1.66. The molecule has 4 nitrogen and oxygen atoms in total. The highest BCUT2D eigenvalue weighted by molar-refractivity contribution is 7.20. The average Bonchev–Trinajstić information content (AvgIpc) is 3.25. The van der Waals surface area contributed by atoms with E-state index >= 15 is 0 Å². The van der Waals surface area contributed by atoms with Crippen molar-refractivity contribution in [3.05, 3.63) is 50.1 Å². The van der Waals surface area contributed by atoms with E-state index in [4.69, 9.17) is 27.9 Å². The fourth-order valence-electron chi connectivity index (χ4n) is 3.12. The van der Waals surface area contributed by atoms with Gasteiger partial charge in [0.2, 0.25) is 0 Å². The van der Waals surface area contributed by atoms with E-state index in [0.29, 0.717) is 20.8 Å². The first-order chi connectivity index (χ1) is 12.1. The number of benzene rings is 1. The molecule has 1 aliphatic heterocycles. The maximum atomic E-state index is 12.4. The molecule has 1 saturated heterocycles. The van der Waals surface area contributed by atoms with Crippen LogP contribution in [0.4, 0.5) is 0 Å². The van der Waals surface area contributed by atoms with E-state index in [2.05, 4.69) is 22.3 Å². The molecule has 0 spiro atoms. The van der Waals surface area contributed by atoms with Gasteiger partial charge >= 0.3 is 0 Å². The monoisotopic (exact) mass is 398 g/mol. The van der Waals surface area contributed by atoms with Crippen molar-refractivity contribution in [2.45, 2.75) is 18.9 Å². The van der Waals surface area contributed by atoms with Gasteiger partial charge in [-0.2, -0.15) is 0 Å². The second kappa shape index (κ2) is 8.41. The van der Waals surface area contributed by atoms with Gasteiger partial charge in [-0.05, 0) is 49.7 Å². The van der Waals surface area contributed by atoms with Gasteiger partial charge in [-0.15, -0.1) is 11.3 Å². The normalized spacial score (nSPS) is 16.0. The summed E-state index contributed by atoms with van der Waals surface area (Å²) in [5.74, 6) is 0.638. The molecule has 1 atom stereocenters. The number of carbonyl (C=O) groups is 1. The molecule has 0 radical (unpaired) electrons. The van der Waals surface area contributed by atoms with Gasteiger partial charge in [0.15, 0.2) is 0 Å². The molecule has 1 N–H and O–H groups in total. The van der Waals surface area contributed by atoms with E-state index in [1.54, 1.807) is 13.2 Å². The molecule has 1 unspecified atom stereocenters. The van der Waals surface area contributed by atoms with E-state index in [1.807, 2.05) is 12.1 Å². The number of rotatable bonds is 6. The topological polar surface area (TPSA) is 41.6 Å². The Bertz CT molecular complexity index is 727. The van der Waals surface area contributed by atoms with Crippen molar-refractivity contribution in [3.63, 3.8) is 0 Å². The molecule has 1 aliphatic rings. The fourth-order valence-corrected chi connectivity index (χ4v) is 4.58. The van der Waals surface area contributed by atoms with Crippen molar-refractivity contribution in [3.8, 4) is 5.75 Å². The van der Waals surface area contributed by atoms with Gasteiger partial charge < -0.3 is 10.1 Å². The lowest BCUT2D eigenvalue weighted by Gasteiger charge is -2.28. The first kappa shape index (κ1) is 18.5. The average molecular weight is 399 g/mol. The predicted octanol–water partition coefficient (Wildman–Crippen LogP) is 4.63. The first-order valence-corrected chi connectivity index (χ1v) is 9.76. The molecule has 1 aromatic heterocycles. The minimum absolute atomic E-state index is 0.130. The molecule has 0 bridgehead atoms. The maximum absolute atomic E-state index is 12.4. The van der Waals surface area contributed by atoms with Crippen molar-refractivity contribution < 1.29 is 9.53 Å². The van der Waals surface area contributed by atoms with Gasteiger partial charge in [0.05, 0.1) is 23.1 Å². The summed E-state index contributed by atoms with van der Waals surface area (Å²) in [6.45, 7) is 2.60. The number of hydrogen-bond donors (Lipinski definition) is 1. The van der Waals surface area contributed by atoms with Crippen LogP contribution in [0, 0.1) is 0 Å². The van der Waals surface area contributed by atoms with Crippen LogP contribution in [0.5, 0.6) is 5.75 Å². The third-order valence-electron chi connectivity index (χ3n) is 4.44. The predicted molar refractivity (Wildman–Crippen MR) is 103 cm³/mol. The molecule has 25 heavy (non-hydrogen) atoms. The van der Waals surface area contributed by atoms with Crippen LogP contribution in [-0.4, -0.2) is 37.6 Å². The lowest BCUT2D eigenvalue weighted by molar-refractivity contribution is 0.0938. The van der Waals surface area contributed by atoms with Crippen LogP contribution in [-0.2, 0) is 0 Å². The maximum Gasteiger partial charge on any atom is 0.253 e. The Hall–Kier alpha value is -1.27. The summed E-state index contributed by atoms with van der Waals surface area (Å²) in [5, 5.41) is 3.01. The SMILES string of the molecule is COc1ccc(C(CNC(=O)c2cc(Cl)sc2Cl)N2CCCC2)cc1. The molecular weight excluding hydrogens is 379 g/mol. The summed E-state index contributed by atoms with van der Waals surface area (Å²) >= 11 is 13.2. The van der Waals surface area contributed by atoms with Gasteiger partial charge in [0, 0.05) is 6.54 Å². The highest BCUT2D eigenvalue weighted by atomic mass is 35.5. The second-order valence-corrected chi connectivity index (χ2v) is 8.27. The summed E-state index contributed by atoms with van der Waals surface area (Å²) in [4.78, 5) is 14.9. The van der Waals surface area contributed by atoms with Crippen molar-refractivity contribution in [2.75, 3.05) is 26.7 Å². The molecule has 3 rings (SSSR count). The number of halogens is 2. The Morgan fingerprint density at radius 3 is 2.52 bits per heavy atom. The second-order valence-electron chi connectivity index (χ2n) is 5.98. The van der Waals surface area contributed by atoms with Crippen molar-refractivity contribution in [2.24, 2.45) is 0 Å². The van der Waals surface area contributed by atoms with Crippen LogP contribution in [0.3, 0.4) is 0 Å². The van der Waals surface area contributed by atoms with Crippen molar-refractivity contribution >= 4 is 40.4 Å². The highest BCUT2D eigenvalue weighted by Gasteiger charge is 2.25. The van der Waals surface area contributed by atoms with Gasteiger partial charge in [-0.25, -0.2) is 0 Å². The molecule has 134 valence electrons. The number of thiophene rings is 1. The zero-order chi connectivity index (χ0) is 17.8. The Labute approximate surface area is 161 Å². The number of nitrogens with zero attached hydrogens (tertiary/aromatic N) is 1. The number of likely N-dealkylation sites (tertiary alicyclic amines) is 1. The number of carbonyl (C=O) groups excluding carboxylic acids is 1. The standard InChI is InChI=1S/C18H20Cl2N2O2S/c1-24-13-6-4-12(5-7-13)15(22-8-2-3-9-22)11-21-18(23)14-10-16(19)25-17(14)20/h4-7,10,15H,2-3,8-9,11H2,1H3,(H,21,23). The summed E-state index contributed by atoms with van der Waals surface area (Å²) in [5.41, 5.74) is 1.60. The Kier molecular flexibility index (Phi) is 6.23. The Morgan fingerprint density at radius 1 is 1.28 bits per heavy atom. The van der Waals surface area contributed by atoms with Crippen LogP contribution >= 0.6 is 34.5 Å². The molecule has 2 aromatic rings. The van der Waals surface area contributed by atoms with Crippen LogP contribution in [0.2, 0.25) is 8.67 Å². The van der Waals surface area contributed by atoms with Gasteiger partial charge in [-0.3, -0.25) is 9.69 Å². The molecule has 0 saturated carbocycles. The van der Waals surface area contributed by atoms with E-state index in [1.165, 1.54) is 24.2 Å². The first-order valence-electron chi connectivity index (χ1n) is 8.19. The molecule has 7 heteroatoms. The molecule has 1 fully saturated rings. The molecule has 0 aliphatic carbocycles. The number of nitrogens with one attached hydrogen (secondary N) is 1. The molecule has 2 heterocycles. The molecular formula is C18H20Cl2N2O2S. The van der Waals surface area contributed by atoms with E-state index < -0.39 is 0 Å². The highest BCUT2D eigenvalue weighted by Crippen LogP contribution is 2.31.